The molecule has 1 aliphatic heterocycles. The highest BCUT2D eigenvalue weighted by molar-refractivity contribution is 9.10. The number of aromatic amines is 1. The Morgan fingerprint density at radius 3 is 2.47 bits per heavy atom. The van der Waals surface area contributed by atoms with Gasteiger partial charge in [0.05, 0.1) is 11.4 Å². The van der Waals surface area contributed by atoms with Crippen LogP contribution in [0.15, 0.2) is 77.3 Å². The molecule has 0 saturated carbocycles. The molecule has 0 radical (unpaired) electrons. The molecule has 4 amide bonds. The minimum atomic E-state index is -0.924. The van der Waals surface area contributed by atoms with Crippen LogP contribution in [0.4, 0.5) is 9.18 Å². The van der Waals surface area contributed by atoms with E-state index in [1.807, 2.05) is 37.3 Å². The molecule has 9 nitrogen and oxygen atoms in total. The van der Waals surface area contributed by atoms with E-state index in [9.17, 15) is 18.8 Å². The highest BCUT2D eigenvalue weighted by atomic mass is 79.9. The summed E-state index contributed by atoms with van der Waals surface area (Å²) in [6.07, 6.45) is 0.815. The Morgan fingerprint density at radius 2 is 1.81 bits per heavy atom. The second-order valence-electron chi connectivity index (χ2n) is 10.4. The number of urea groups is 1. The number of aromatic nitrogens is 2. The first-order valence-corrected chi connectivity index (χ1v) is 14.6. The summed E-state index contributed by atoms with van der Waals surface area (Å²) in [5.41, 5.74) is 2.95. The molecule has 1 unspecified atom stereocenters. The molecule has 2 heterocycles. The Kier molecular flexibility index (Phi) is 8.91. The monoisotopic (exact) mass is 647 g/mol. The number of imide groups is 1. The Bertz CT molecular complexity index is 1640. The van der Waals surface area contributed by atoms with Crippen molar-refractivity contribution >= 4 is 33.8 Å². The Hall–Kier alpha value is -4.51. The van der Waals surface area contributed by atoms with Crippen molar-refractivity contribution in [3.63, 3.8) is 0 Å². The highest BCUT2D eigenvalue weighted by Crippen LogP contribution is 2.35. The predicted molar refractivity (Wildman–Crippen MR) is 163 cm³/mol. The summed E-state index contributed by atoms with van der Waals surface area (Å²) in [6.45, 7) is 1.80. The molecule has 222 valence electrons. The van der Waals surface area contributed by atoms with E-state index >= 15 is 0 Å². The quantitative estimate of drug-likeness (QED) is 0.218. The van der Waals surface area contributed by atoms with E-state index in [4.69, 9.17) is 9.72 Å². The van der Waals surface area contributed by atoms with E-state index < -0.39 is 29.8 Å². The van der Waals surface area contributed by atoms with Gasteiger partial charge in [-0.1, -0.05) is 65.3 Å². The van der Waals surface area contributed by atoms with E-state index in [0.717, 1.165) is 5.56 Å². The van der Waals surface area contributed by atoms with Crippen LogP contribution in [0.2, 0.25) is 0 Å². The largest absolute Gasteiger partial charge is 0.484 e. The fraction of sp³-hybridized carbons (Fsp3) is 0.250. The maximum absolute atomic E-state index is 15.0. The number of benzene rings is 3. The normalized spacial score (nSPS) is 15.4. The number of carbonyl (C=O) groups is 3. The molecule has 1 aliphatic rings. The molecule has 11 heteroatoms. The summed E-state index contributed by atoms with van der Waals surface area (Å²) in [5.74, 6) is -0.195. The molecule has 1 fully saturated rings. The number of H-pyrrole nitrogens is 1. The van der Waals surface area contributed by atoms with E-state index in [1.54, 1.807) is 50.5 Å². The van der Waals surface area contributed by atoms with Crippen LogP contribution in [0, 0.1) is 5.82 Å². The van der Waals surface area contributed by atoms with Gasteiger partial charge in [0, 0.05) is 30.6 Å². The Morgan fingerprint density at radius 1 is 1.09 bits per heavy atom. The van der Waals surface area contributed by atoms with E-state index in [2.05, 4.69) is 26.2 Å². The molecule has 0 bridgehead atoms. The van der Waals surface area contributed by atoms with Crippen molar-refractivity contribution in [3.05, 3.63) is 106 Å². The number of rotatable bonds is 10. The van der Waals surface area contributed by atoms with Gasteiger partial charge in [0.25, 0.3) is 11.8 Å². The third kappa shape index (κ3) is 6.46. The van der Waals surface area contributed by atoms with Crippen molar-refractivity contribution in [1.29, 1.82) is 0 Å². The maximum Gasteiger partial charge on any atom is 0.325 e. The number of hydrogen-bond acceptors (Lipinski definition) is 5. The van der Waals surface area contributed by atoms with Crippen LogP contribution in [0.25, 0.3) is 11.3 Å². The molecular formula is C32H31BrFN5O4. The number of aryl methyl sites for hydroxylation is 1. The third-order valence-corrected chi connectivity index (χ3v) is 7.77. The number of nitrogens with one attached hydrogen (secondary N) is 2. The Balaban J connectivity index is 1.46. The standard InChI is InChI=1S/C32H31BrFN5O4/c1-4-25-29(23-15-12-21(33)17-24(23)34)36-30(35-25)26(16-19-8-6-5-7-9-19)39-31(41)28(37-32(39)42)20-10-13-22(14-11-20)43-18-27(40)38(2)3/h5-15,17,26,28H,4,16,18H2,1-3H3,(H,35,36)(H,37,42)/t26-,28?/m0/s1. The molecule has 43 heavy (non-hydrogen) atoms. The van der Waals surface area contributed by atoms with Crippen molar-refractivity contribution in [2.75, 3.05) is 20.7 Å². The van der Waals surface area contributed by atoms with Crippen molar-refractivity contribution in [3.8, 4) is 17.0 Å². The summed E-state index contributed by atoms with van der Waals surface area (Å²) in [4.78, 5) is 49.8. The van der Waals surface area contributed by atoms with Crippen LogP contribution in [-0.4, -0.2) is 58.3 Å². The highest BCUT2D eigenvalue weighted by Gasteiger charge is 2.44. The van der Waals surface area contributed by atoms with Crippen LogP contribution in [-0.2, 0) is 22.4 Å². The zero-order valence-corrected chi connectivity index (χ0v) is 25.5. The molecule has 0 aliphatic carbocycles. The van der Waals surface area contributed by atoms with Gasteiger partial charge in [-0.25, -0.2) is 14.2 Å². The lowest BCUT2D eigenvalue weighted by molar-refractivity contribution is -0.131. The van der Waals surface area contributed by atoms with Gasteiger partial charge in [0.1, 0.15) is 29.5 Å². The van der Waals surface area contributed by atoms with Crippen LogP contribution in [0.5, 0.6) is 5.75 Å². The van der Waals surface area contributed by atoms with Crippen LogP contribution in [0.3, 0.4) is 0 Å². The first-order chi connectivity index (χ1) is 20.7. The van der Waals surface area contributed by atoms with Gasteiger partial charge >= 0.3 is 6.03 Å². The van der Waals surface area contributed by atoms with Gasteiger partial charge in [-0.2, -0.15) is 0 Å². The summed E-state index contributed by atoms with van der Waals surface area (Å²) >= 11 is 3.30. The molecule has 2 N–H and O–H groups in total. The fourth-order valence-corrected chi connectivity index (χ4v) is 5.28. The van der Waals surface area contributed by atoms with Crippen molar-refractivity contribution in [2.24, 2.45) is 0 Å². The predicted octanol–water partition coefficient (Wildman–Crippen LogP) is 5.58. The number of amides is 4. The van der Waals surface area contributed by atoms with Crippen molar-refractivity contribution < 1.29 is 23.5 Å². The smallest absolute Gasteiger partial charge is 0.325 e. The number of carbonyl (C=O) groups excluding carboxylic acids is 3. The second-order valence-corrected chi connectivity index (χ2v) is 11.3. The fourth-order valence-electron chi connectivity index (χ4n) is 4.95. The van der Waals surface area contributed by atoms with Crippen LogP contribution >= 0.6 is 15.9 Å². The maximum atomic E-state index is 15.0. The minimum Gasteiger partial charge on any atom is -0.484 e. The molecule has 2 atom stereocenters. The average Bonchev–Trinajstić information content (AvgIpc) is 3.55. The van der Waals surface area contributed by atoms with E-state index in [1.165, 1.54) is 15.9 Å². The van der Waals surface area contributed by atoms with Gasteiger partial charge in [0.15, 0.2) is 6.61 Å². The molecule has 1 aromatic heterocycles. The number of imidazole rings is 1. The Labute approximate surface area is 257 Å². The number of nitrogens with zero attached hydrogens (tertiary/aromatic N) is 3. The SMILES string of the molecule is CCc1nc([C@H](Cc2ccccc2)N2C(=O)NC(c3ccc(OCC(=O)N(C)C)cc3)C2=O)[nH]c1-c1ccc(Br)cc1F. The second kappa shape index (κ2) is 12.8. The van der Waals surface area contributed by atoms with Gasteiger partial charge in [-0.3, -0.25) is 14.5 Å². The molecule has 4 aromatic rings. The number of hydrogen-bond donors (Lipinski definition) is 2. The van der Waals surface area contributed by atoms with Crippen molar-refractivity contribution in [1.82, 2.24) is 25.1 Å². The first-order valence-electron chi connectivity index (χ1n) is 13.8. The minimum absolute atomic E-state index is 0.116. The first kappa shape index (κ1) is 30.0. The van der Waals surface area contributed by atoms with Crippen LogP contribution < -0.4 is 10.1 Å². The number of likely N-dealkylation sites (N-methyl/N-ethyl adjacent to an activating group) is 1. The van der Waals surface area contributed by atoms with Gasteiger partial charge in [-0.15, -0.1) is 0 Å². The average molecular weight is 649 g/mol. The lowest BCUT2D eigenvalue weighted by Crippen LogP contribution is -2.36. The van der Waals surface area contributed by atoms with E-state index in [-0.39, 0.29) is 12.5 Å². The topological polar surface area (TPSA) is 108 Å². The van der Waals surface area contributed by atoms with Gasteiger partial charge in [-0.05, 0) is 47.9 Å². The molecule has 5 rings (SSSR count). The van der Waals surface area contributed by atoms with Gasteiger partial charge in [0.2, 0.25) is 0 Å². The van der Waals surface area contributed by atoms with Crippen molar-refractivity contribution in [2.45, 2.75) is 31.8 Å². The molecule has 3 aromatic carbocycles. The zero-order valence-electron chi connectivity index (χ0n) is 23.9. The molecule has 1 saturated heterocycles. The van der Waals surface area contributed by atoms with Crippen LogP contribution in [0.1, 0.15) is 41.7 Å². The molecular weight excluding hydrogens is 617 g/mol. The lowest BCUT2D eigenvalue weighted by Gasteiger charge is -2.24. The lowest BCUT2D eigenvalue weighted by atomic mass is 10.0. The summed E-state index contributed by atoms with van der Waals surface area (Å²) in [6, 6.07) is 18.7. The summed E-state index contributed by atoms with van der Waals surface area (Å²) < 4.78 is 21.1. The van der Waals surface area contributed by atoms with Gasteiger partial charge < -0.3 is 19.9 Å². The molecule has 0 spiro atoms. The number of halogens is 2. The number of ether oxygens (including phenoxy) is 1. The summed E-state index contributed by atoms with van der Waals surface area (Å²) in [7, 11) is 3.29. The summed E-state index contributed by atoms with van der Waals surface area (Å²) in [5, 5.41) is 2.80. The zero-order chi connectivity index (χ0) is 30.7. The third-order valence-electron chi connectivity index (χ3n) is 7.28. The van der Waals surface area contributed by atoms with E-state index in [0.29, 0.717) is 51.4 Å².